The summed E-state index contributed by atoms with van der Waals surface area (Å²) in [5.41, 5.74) is 19.6. The zero-order chi connectivity index (χ0) is 45.4. The maximum Gasteiger partial charge on any atom is 0.294 e. The van der Waals surface area contributed by atoms with Gasteiger partial charge < -0.3 is 39.7 Å². The highest BCUT2D eigenvalue weighted by molar-refractivity contribution is 7.85. The Hall–Kier alpha value is -6.36. The topological polar surface area (TPSA) is 205 Å². The number of nitrogens with two attached hydrogens (primary N) is 2. The van der Waals surface area contributed by atoms with Crippen molar-refractivity contribution in [3.05, 3.63) is 136 Å². The van der Waals surface area contributed by atoms with Crippen molar-refractivity contribution in [2.45, 2.75) is 44.2 Å². The number of benzene rings is 4. The number of amides is 1. The van der Waals surface area contributed by atoms with Crippen molar-refractivity contribution in [1.29, 1.82) is 0 Å². The zero-order valence-corrected chi connectivity index (χ0v) is 36.8. The Morgan fingerprint density at radius 1 is 0.797 bits per heavy atom. The summed E-state index contributed by atoms with van der Waals surface area (Å²) in [7, 11) is -2.42. The molecule has 14 nitrogen and oxygen atoms in total. The maximum absolute atomic E-state index is 14.0. The summed E-state index contributed by atoms with van der Waals surface area (Å²) in [4.78, 5) is 31.6. The summed E-state index contributed by atoms with van der Waals surface area (Å²) in [6, 6.07) is 29.0. The molecule has 5 N–H and O–H groups in total. The van der Waals surface area contributed by atoms with Crippen LogP contribution in [0.1, 0.15) is 34.3 Å². The van der Waals surface area contributed by atoms with Crippen LogP contribution in [0.4, 0.5) is 5.82 Å². The van der Waals surface area contributed by atoms with Gasteiger partial charge in [-0.1, -0.05) is 77.9 Å². The van der Waals surface area contributed by atoms with Gasteiger partial charge in [0.25, 0.3) is 16.0 Å². The number of hydrogen-bond acceptors (Lipinski definition) is 11. The van der Waals surface area contributed by atoms with Gasteiger partial charge in [-0.25, -0.2) is 4.98 Å². The molecule has 0 saturated carbocycles. The Morgan fingerprint density at radius 2 is 1.42 bits per heavy atom. The molecular formula is C49H52N4O10S. The van der Waals surface area contributed by atoms with E-state index < -0.39 is 21.5 Å². The molecule has 64 heavy (non-hydrogen) atoms. The molecule has 2 aromatic heterocycles. The van der Waals surface area contributed by atoms with Crippen LogP contribution in [0, 0.1) is 19.8 Å². The summed E-state index contributed by atoms with van der Waals surface area (Å²) in [6.07, 6.45) is 5.21. The van der Waals surface area contributed by atoms with E-state index in [2.05, 4.69) is 4.98 Å². The standard InChI is InChI=1S/C42H44N4O7.C7H8O3S/c1-26-3-5-29(6-4-26)35-23-46(22-27-13-15-50-16-14-27)39(38(40(35)47)42(44)48)30-9-7-28(8-10-30)34-19-32(21-45-41(34)43)31-11-12-36(37(20-31)49-2)53-25-33-24-51-17-18-52-33;1-6-2-4-7(5-3-6)11(8,9)10/h3-12,19-21,23,27,33H,13-18,22,24-25H2,1-2H3,(H2,43,45)(H2,44,48);2-5H,1H3,(H,8,9,10)/t33-;/m1./s1. The molecule has 2 fully saturated rings. The summed E-state index contributed by atoms with van der Waals surface area (Å²) >= 11 is 0. The average Bonchev–Trinajstić information content (AvgIpc) is 3.30. The second kappa shape index (κ2) is 20.4. The summed E-state index contributed by atoms with van der Waals surface area (Å²) in [5, 5.41) is 0. The van der Waals surface area contributed by atoms with Gasteiger partial charge in [-0.2, -0.15) is 8.42 Å². The number of carbonyl (C=O) groups excluding carboxylic acids is 1. The SMILES string of the molecule is COc1cc(-c2cnc(N)c(-c3ccc(-c4c(C(N)=O)c(=O)c(-c5ccc(C)cc5)cn4CC4CCOCC4)cc3)c2)ccc1OC[C@H]1COCCO1.Cc1ccc(S(=O)(=O)O)cc1. The highest BCUT2D eigenvalue weighted by Crippen LogP contribution is 2.37. The summed E-state index contributed by atoms with van der Waals surface area (Å²) in [6.45, 7) is 7.77. The van der Waals surface area contributed by atoms with E-state index in [-0.39, 0.29) is 16.6 Å². The molecule has 2 aliphatic rings. The molecule has 0 radical (unpaired) electrons. The van der Waals surface area contributed by atoms with E-state index in [0.717, 1.165) is 51.8 Å². The molecule has 8 rings (SSSR count). The van der Waals surface area contributed by atoms with E-state index in [9.17, 15) is 18.0 Å². The number of nitrogens with zero attached hydrogens (tertiary/aromatic N) is 2. The number of aromatic nitrogens is 2. The van der Waals surface area contributed by atoms with Crippen molar-refractivity contribution >= 4 is 21.8 Å². The first-order valence-corrected chi connectivity index (χ1v) is 22.4. The Balaban J connectivity index is 0.000000487. The van der Waals surface area contributed by atoms with Crippen molar-refractivity contribution in [1.82, 2.24) is 9.55 Å². The number of anilines is 1. The molecule has 0 unspecified atom stereocenters. The van der Waals surface area contributed by atoms with Gasteiger partial charge >= 0.3 is 0 Å². The lowest BCUT2D eigenvalue weighted by Crippen LogP contribution is -2.33. The molecule has 4 heterocycles. The van der Waals surface area contributed by atoms with E-state index in [4.69, 9.17) is 39.7 Å². The second-order valence-corrected chi connectivity index (χ2v) is 17.2. The molecular weight excluding hydrogens is 837 g/mol. The van der Waals surface area contributed by atoms with Crippen molar-refractivity contribution in [2.24, 2.45) is 11.7 Å². The number of aryl methyl sites for hydroxylation is 2. The van der Waals surface area contributed by atoms with Crippen LogP contribution >= 0.6 is 0 Å². The first-order chi connectivity index (χ1) is 30.8. The molecule has 0 bridgehead atoms. The molecule has 334 valence electrons. The van der Waals surface area contributed by atoms with Gasteiger partial charge in [-0.15, -0.1) is 0 Å². The number of primary amides is 1. The van der Waals surface area contributed by atoms with E-state index >= 15 is 0 Å². The predicted molar refractivity (Wildman–Crippen MR) is 245 cm³/mol. The Morgan fingerprint density at radius 3 is 2.05 bits per heavy atom. The number of hydrogen-bond donors (Lipinski definition) is 3. The third-order valence-electron chi connectivity index (χ3n) is 11.2. The van der Waals surface area contributed by atoms with Gasteiger partial charge in [0.2, 0.25) is 5.43 Å². The van der Waals surface area contributed by atoms with Crippen LogP contribution in [0.5, 0.6) is 11.5 Å². The third kappa shape index (κ3) is 11.0. The van der Waals surface area contributed by atoms with Crippen molar-refractivity contribution in [3.63, 3.8) is 0 Å². The summed E-state index contributed by atoms with van der Waals surface area (Å²) in [5.74, 6) is 1.08. The van der Waals surface area contributed by atoms with Crippen LogP contribution in [-0.4, -0.2) is 81.3 Å². The number of carbonyl (C=O) groups is 1. The minimum atomic E-state index is -4.02. The van der Waals surface area contributed by atoms with Gasteiger partial charge in [0, 0.05) is 48.8 Å². The van der Waals surface area contributed by atoms with Gasteiger partial charge in [0.05, 0.1) is 37.5 Å². The van der Waals surface area contributed by atoms with Crippen LogP contribution < -0.4 is 26.4 Å². The Kier molecular flexibility index (Phi) is 14.6. The van der Waals surface area contributed by atoms with Crippen molar-refractivity contribution in [2.75, 3.05) is 52.5 Å². The zero-order valence-electron chi connectivity index (χ0n) is 36.0. The quantitative estimate of drug-likeness (QED) is 0.103. The van der Waals surface area contributed by atoms with Crippen LogP contribution in [-0.2, 0) is 30.9 Å². The van der Waals surface area contributed by atoms with E-state index in [1.165, 1.54) is 12.1 Å². The molecule has 2 saturated heterocycles. The predicted octanol–water partition coefficient (Wildman–Crippen LogP) is 7.37. The molecule has 1 atom stereocenters. The molecule has 4 aromatic carbocycles. The third-order valence-corrected chi connectivity index (χ3v) is 12.1. The van der Waals surface area contributed by atoms with Crippen molar-refractivity contribution < 1.29 is 41.4 Å². The van der Waals surface area contributed by atoms with Gasteiger partial charge in [0.15, 0.2) is 11.5 Å². The molecule has 15 heteroatoms. The molecule has 0 spiro atoms. The van der Waals surface area contributed by atoms with Crippen LogP contribution in [0.25, 0.3) is 44.6 Å². The largest absolute Gasteiger partial charge is 0.493 e. The fraction of sp³-hybridized carbons (Fsp3) is 0.286. The van der Waals surface area contributed by atoms with E-state index in [1.54, 1.807) is 25.4 Å². The van der Waals surface area contributed by atoms with Crippen LogP contribution in [0.3, 0.4) is 0 Å². The maximum atomic E-state index is 14.0. The smallest absolute Gasteiger partial charge is 0.294 e. The Labute approximate surface area is 372 Å². The van der Waals surface area contributed by atoms with Gasteiger partial charge in [-0.05, 0) is 85.2 Å². The molecule has 2 aliphatic heterocycles. The van der Waals surface area contributed by atoms with Crippen LogP contribution in [0.15, 0.2) is 119 Å². The van der Waals surface area contributed by atoms with Gasteiger partial charge in [-0.3, -0.25) is 14.1 Å². The molecule has 0 aliphatic carbocycles. The fourth-order valence-corrected chi connectivity index (χ4v) is 8.14. The normalized spacial score (nSPS) is 15.5. The lowest BCUT2D eigenvalue weighted by molar-refractivity contribution is -0.101. The lowest BCUT2D eigenvalue weighted by atomic mass is 9.94. The number of ether oxygens (including phenoxy) is 5. The number of pyridine rings is 2. The first kappa shape index (κ1) is 45.7. The second-order valence-electron chi connectivity index (χ2n) is 15.8. The minimum Gasteiger partial charge on any atom is -0.493 e. The summed E-state index contributed by atoms with van der Waals surface area (Å²) < 4.78 is 60.0. The fourth-order valence-electron chi connectivity index (χ4n) is 7.66. The molecule has 1 amide bonds. The van der Waals surface area contributed by atoms with E-state index in [0.29, 0.717) is 86.2 Å². The molecule has 6 aromatic rings. The monoisotopic (exact) mass is 888 g/mol. The van der Waals surface area contributed by atoms with Gasteiger partial charge in [0.1, 0.15) is 24.1 Å². The van der Waals surface area contributed by atoms with E-state index in [1.807, 2.05) is 97.4 Å². The number of methoxy groups -OCH3 is 1. The van der Waals surface area contributed by atoms with Crippen molar-refractivity contribution in [3.8, 4) is 56.1 Å². The highest BCUT2D eigenvalue weighted by Gasteiger charge is 2.25. The average molecular weight is 889 g/mol. The Bertz CT molecular complexity index is 2750. The van der Waals surface area contributed by atoms with Crippen LogP contribution in [0.2, 0.25) is 0 Å². The number of nitrogen functional groups attached to an aromatic ring is 1. The minimum absolute atomic E-state index is 0.0352. The lowest BCUT2D eigenvalue weighted by Gasteiger charge is -2.26. The highest BCUT2D eigenvalue weighted by atomic mass is 32.2. The number of rotatable bonds is 12. The first-order valence-electron chi connectivity index (χ1n) is 20.9.